The first-order chi connectivity index (χ1) is 9.54. The number of carbonyl (C=O) groups excluding carboxylic acids is 1. The van der Waals surface area contributed by atoms with E-state index in [1.807, 2.05) is 36.9 Å². The largest absolute Gasteiger partial charge is 0.334 e. The number of carbonyl (C=O) groups is 1. The predicted octanol–water partition coefficient (Wildman–Crippen LogP) is 2.76. The lowest BCUT2D eigenvalue weighted by atomic mass is 10.1. The van der Waals surface area contributed by atoms with Crippen LogP contribution in [0.2, 0.25) is 5.02 Å². The van der Waals surface area contributed by atoms with Crippen LogP contribution < -0.4 is 0 Å². The zero-order valence-electron chi connectivity index (χ0n) is 11.5. The van der Waals surface area contributed by atoms with Crippen molar-refractivity contribution in [3.63, 3.8) is 0 Å². The molecular formula is C15H16ClN3O. The molecule has 2 aromatic rings. The molecule has 1 aliphatic heterocycles. The second kappa shape index (κ2) is 4.94. The number of aromatic amines is 1. The van der Waals surface area contributed by atoms with E-state index in [4.69, 9.17) is 11.6 Å². The number of hydrogen-bond donors (Lipinski definition) is 1. The standard InChI is InChI=1S/C15H16ClN3O/c1-9-14(10(2)18-17-9)6-15(20)19-7-11-3-4-13(16)5-12(11)8-19/h3-5H,6-8H2,1-2H3,(H,17,18). The van der Waals surface area contributed by atoms with Gasteiger partial charge in [-0.15, -0.1) is 0 Å². The Bertz CT molecular complexity index is 658. The van der Waals surface area contributed by atoms with Gasteiger partial charge in [0.1, 0.15) is 0 Å². The van der Waals surface area contributed by atoms with Gasteiger partial charge in [0.15, 0.2) is 0 Å². The molecule has 1 aromatic carbocycles. The van der Waals surface area contributed by atoms with E-state index in [0.717, 1.165) is 27.5 Å². The molecule has 0 spiro atoms. The summed E-state index contributed by atoms with van der Waals surface area (Å²) in [5, 5.41) is 7.77. The van der Waals surface area contributed by atoms with E-state index in [1.54, 1.807) is 0 Å². The van der Waals surface area contributed by atoms with Crippen molar-refractivity contribution in [3.05, 3.63) is 51.3 Å². The molecule has 0 saturated heterocycles. The van der Waals surface area contributed by atoms with Crippen LogP contribution in [0.5, 0.6) is 0 Å². The van der Waals surface area contributed by atoms with E-state index in [0.29, 0.717) is 19.5 Å². The molecule has 5 heteroatoms. The minimum absolute atomic E-state index is 0.130. The second-order valence-corrected chi connectivity index (χ2v) is 5.69. The van der Waals surface area contributed by atoms with Crippen LogP contribution in [-0.2, 0) is 24.3 Å². The van der Waals surface area contributed by atoms with Gasteiger partial charge in [-0.2, -0.15) is 5.10 Å². The van der Waals surface area contributed by atoms with Crippen molar-refractivity contribution in [3.8, 4) is 0 Å². The van der Waals surface area contributed by atoms with Crippen molar-refractivity contribution < 1.29 is 4.79 Å². The van der Waals surface area contributed by atoms with Crippen molar-refractivity contribution in [2.45, 2.75) is 33.4 Å². The Kier molecular flexibility index (Phi) is 3.26. The summed E-state index contributed by atoms with van der Waals surface area (Å²) in [5.74, 6) is 0.130. The number of aryl methyl sites for hydroxylation is 2. The molecule has 1 amide bonds. The van der Waals surface area contributed by atoms with Crippen molar-refractivity contribution in [1.82, 2.24) is 15.1 Å². The van der Waals surface area contributed by atoms with Gasteiger partial charge in [-0.25, -0.2) is 0 Å². The second-order valence-electron chi connectivity index (χ2n) is 5.25. The molecule has 1 aromatic heterocycles. The Labute approximate surface area is 122 Å². The SMILES string of the molecule is Cc1n[nH]c(C)c1CC(=O)N1Cc2ccc(Cl)cc2C1. The quantitative estimate of drug-likeness (QED) is 0.924. The number of nitrogens with zero attached hydrogens (tertiary/aromatic N) is 2. The smallest absolute Gasteiger partial charge is 0.227 e. The molecular weight excluding hydrogens is 274 g/mol. The van der Waals surface area contributed by atoms with Crippen molar-refractivity contribution >= 4 is 17.5 Å². The molecule has 0 radical (unpaired) electrons. The number of hydrogen-bond acceptors (Lipinski definition) is 2. The van der Waals surface area contributed by atoms with E-state index in [9.17, 15) is 4.79 Å². The number of nitrogens with one attached hydrogen (secondary N) is 1. The molecule has 1 N–H and O–H groups in total. The highest BCUT2D eigenvalue weighted by Gasteiger charge is 2.24. The Morgan fingerprint density at radius 3 is 2.80 bits per heavy atom. The van der Waals surface area contributed by atoms with Crippen LogP contribution in [0.25, 0.3) is 0 Å². The summed E-state index contributed by atoms with van der Waals surface area (Å²) in [6.45, 7) is 5.18. The molecule has 0 fully saturated rings. The molecule has 0 unspecified atom stereocenters. The Morgan fingerprint density at radius 2 is 2.10 bits per heavy atom. The molecule has 0 saturated carbocycles. The molecule has 3 rings (SSSR count). The fourth-order valence-corrected chi connectivity index (χ4v) is 2.83. The maximum Gasteiger partial charge on any atom is 0.227 e. The lowest BCUT2D eigenvalue weighted by Crippen LogP contribution is -2.27. The number of H-pyrrole nitrogens is 1. The van der Waals surface area contributed by atoms with E-state index in [1.165, 1.54) is 5.56 Å². The van der Waals surface area contributed by atoms with Crippen LogP contribution in [-0.4, -0.2) is 21.0 Å². The van der Waals surface area contributed by atoms with Gasteiger partial charge in [-0.05, 0) is 37.1 Å². The summed E-state index contributed by atoms with van der Waals surface area (Å²) in [5.41, 5.74) is 5.20. The molecule has 104 valence electrons. The van der Waals surface area contributed by atoms with E-state index in [2.05, 4.69) is 10.2 Å². The Morgan fingerprint density at radius 1 is 1.35 bits per heavy atom. The van der Waals surface area contributed by atoms with Crippen molar-refractivity contribution in [2.75, 3.05) is 0 Å². The molecule has 1 aliphatic rings. The minimum atomic E-state index is 0.130. The van der Waals surface area contributed by atoms with Gasteiger partial charge >= 0.3 is 0 Å². The average molecular weight is 290 g/mol. The lowest BCUT2D eigenvalue weighted by Gasteiger charge is -2.15. The number of rotatable bonds is 2. The molecule has 0 bridgehead atoms. The maximum atomic E-state index is 12.4. The van der Waals surface area contributed by atoms with Gasteiger partial charge in [-0.1, -0.05) is 17.7 Å². The minimum Gasteiger partial charge on any atom is -0.334 e. The Balaban J connectivity index is 1.75. The van der Waals surface area contributed by atoms with Crippen LogP contribution in [0.15, 0.2) is 18.2 Å². The summed E-state index contributed by atoms with van der Waals surface area (Å²) in [6, 6.07) is 5.82. The molecule has 20 heavy (non-hydrogen) atoms. The lowest BCUT2D eigenvalue weighted by molar-refractivity contribution is -0.131. The van der Waals surface area contributed by atoms with Gasteiger partial charge in [0, 0.05) is 29.4 Å². The van der Waals surface area contributed by atoms with Gasteiger partial charge in [0.25, 0.3) is 0 Å². The average Bonchev–Trinajstić information content (AvgIpc) is 2.96. The highest BCUT2D eigenvalue weighted by molar-refractivity contribution is 6.30. The van der Waals surface area contributed by atoms with Crippen LogP contribution >= 0.6 is 11.6 Å². The van der Waals surface area contributed by atoms with Crippen LogP contribution in [0, 0.1) is 13.8 Å². The monoisotopic (exact) mass is 289 g/mol. The number of benzene rings is 1. The maximum absolute atomic E-state index is 12.4. The highest BCUT2D eigenvalue weighted by Crippen LogP contribution is 2.26. The predicted molar refractivity (Wildman–Crippen MR) is 77.5 cm³/mol. The summed E-state index contributed by atoms with van der Waals surface area (Å²) < 4.78 is 0. The van der Waals surface area contributed by atoms with E-state index < -0.39 is 0 Å². The summed E-state index contributed by atoms with van der Waals surface area (Å²) in [6.07, 6.45) is 0.399. The first-order valence-corrected chi connectivity index (χ1v) is 6.98. The summed E-state index contributed by atoms with van der Waals surface area (Å²) >= 11 is 5.99. The number of fused-ring (bicyclic) bond motifs is 1. The third-order valence-corrected chi connectivity index (χ3v) is 4.09. The number of aromatic nitrogens is 2. The third kappa shape index (κ3) is 2.31. The van der Waals surface area contributed by atoms with Crippen LogP contribution in [0.1, 0.15) is 28.1 Å². The van der Waals surface area contributed by atoms with Crippen molar-refractivity contribution in [2.24, 2.45) is 0 Å². The van der Waals surface area contributed by atoms with Gasteiger partial charge in [0.05, 0.1) is 12.1 Å². The van der Waals surface area contributed by atoms with Gasteiger partial charge < -0.3 is 4.90 Å². The zero-order valence-corrected chi connectivity index (χ0v) is 12.3. The third-order valence-electron chi connectivity index (χ3n) is 3.85. The fourth-order valence-electron chi connectivity index (χ4n) is 2.64. The molecule has 0 aliphatic carbocycles. The van der Waals surface area contributed by atoms with E-state index in [-0.39, 0.29) is 5.91 Å². The fraction of sp³-hybridized carbons (Fsp3) is 0.333. The van der Waals surface area contributed by atoms with Gasteiger partial charge in [-0.3, -0.25) is 9.89 Å². The summed E-state index contributed by atoms with van der Waals surface area (Å²) in [7, 11) is 0. The molecule has 0 atom stereocenters. The summed E-state index contributed by atoms with van der Waals surface area (Å²) in [4.78, 5) is 14.3. The molecule has 2 heterocycles. The van der Waals surface area contributed by atoms with Gasteiger partial charge in [0.2, 0.25) is 5.91 Å². The van der Waals surface area contributed by atoms with Crippen LogP contribution in [0.3, 0.4) is 0 Å². The molecule has 4 nitrogen and oxygen atoms in total. The number of amides is 1. The first kappa shape index (κ1) is 13.2. The highest BCUT2D eigenvalue weighted by atomic mass is 35.5. The topological polar surface area (TPSA) is 49.0 Å². The van der Waals surface area contributed by atoms with E-state index >= 15 is 0 Å². The first-order valence-electron chi connectivity index (χ1n) is 6.60. The van der Waals surface area contributed by atoms with Crippen molar-refractivity contribution in [1.29, 1.82) is 0 Å². The van der Waals surface area contributed by atoms with Crippen LogP contribution in [0.4, 0.5) is 0 Å². The normalized spacial score (nSPS) is 13.7. The Hall–Kier alpha value is -1.81. The zero-order chi connectivity index (χ0) is 14.3. The number of halogens is 1.